The summed E-state index contributed by atoms with van der Waals surface area (Å²) in [5.41, 5.74) is 0.928. The molecule has 0 aromatic heterocycles. The average molecular weight is 253 g/mol. The van der Waals surface area contributed by atoms with Crippen molar-refractivity contribution in [2.75, 3.05) is 0 Å². The molecule has 0 spiro atoms. The Morgan fingerprint density at radius 2 is 2.29 bits per heavy atom. The molecular formula is C10H9BrN2O. The molecule has 0 fully saturated rings. The van der Waals surface area contributed by atoms with Gasteiger partial charge in [-0.2, -0.15) is 0 Å². The van der Waals surface area contributed by atoms with Crippen LogP contribution < -0.4 is 5.32 Å². The molecule has 1 unspecified atom stereocenters. The highest BCUT2D eigenvalue weighted by atomic mass is 79.9. The largest absolute Gasteiger partial charge is 0.309 e. The van der Waals surface area contributed by atoms with Gasteiger partial charge in [-0.05, 0) is 19.1 Å². The van der Waals surface area contributed by atoms with E-state index in [1.54, 1.807) is 6.92 Å². The molecule has 14 heavy (non-hydrogen) atoms. The monoisotopic (exact) mass is 252 g/mol. The lowest BCUT2D eigenvalue weighted by Gasteiger charge is -2.00. The van der Waals surface area contributed by atoms with E-state index in [9.17, 15) is 4.79 Å². The molecule has 4 heteroatoms. The number of hydrogen-bond acceptors (Lipinski definition) is 2. The Labute approximate surface area is 90.4 Å². The van der Waals surface area contributed by atoms with E-state index >= 15 is 0 Å². The van der Waals surface area contributed by atoms with Gasteiger partial charge >= 0.3 is 0 Å². The summed E-state index contributed by atoms with van der Waals surface area (Å²) < 4.78 is 0.978. The quantitative estimate of drug-likeness (QED) is 0.813. The van der Waals surface area contributed by atoms with Crippen molar-refractivity contribution in [3.63, 3.8) is 0 Å². The van der Waals surface area contributed by atoms with Gasteiger partial charge in [0.2, 0.25) is 5.91 Å². The summed E-state index contributed by atoms with van der Waals surface area (Å²) in [7, 11) is 0. The normalized spacial score (nSPS) is 20.6. The Hall–Kier alpha value is -1.16. The van der Waals surface area contributed by atoms with Crippen LogP contribution in [0.15, 0.2) is 33.7 Å². The van der Waals surface area contributed by atoms with Crippen LogP contribution in [0.2, 0.25) is 0 Å². The average Bonchev–Trinajstić information content (AvgIpc) is 2.47. The van der Waals surface area contributed by atoms with E-state index in [0.29, 0.717) is 5.84 Å². The summed E-state index contributed by atoms with van der Waals surface area (Å²) in [5, 5.41) is 2.74. The molecule has 72 valence electrons. The van der Waals surface area contributed by atoms with Crippen molar-refractivity contribution in [3.8, 4) is 0 Å². The summed E-state index contributed by atoms with van der Waals surface area (Å²) in [6.07, 6.45) is 0. The second kappa shape index (κ2) is 3.53. The highest BCUT2D eigenvalue weighted by Gasteiger charge is 2.22. The zero-order chi connectivity index (χ0) is 10.1. The van der Waals surface area contributed by atoms with Crippen molar-refractivity contribution >= 4 is 27.7 Å². The van der Waals surface area contributed by atoms with Gasteiger partial charge in [-0.25, -0.2) is 0 Å². The van der Waals surface area contributed by atoms with E-state index in [1.807, 2.05) is 24.3 Å². The van der Waals surface area contributed by atoms with Gasteiger partial charge in [0, 0.05) is 10.0 Å². The number of halogens is 1. The molecule has 1 amide bonds. The fraction of sp³-hybridized carbons (Fsp3) is 0.200. The molecule has 1 aliphatic heterocycles. The predicted molar refractivity (Wildman–Crippen MR) is 58.3 cm³/mol. The summed E-state index contributed by atoms with van der Waals surface area (Å²) >= 11 is 3.37. The zero-order valence-electron chi connectivity index (χ0n) is 7.62. The highest BCUT2D eigenvalue weighted by molar-refractivity contribution is 9.10. The first-order chi connectivity index (χ1) is 6.66. The number of amidine groups is 1. The summed E-state index contributed by atoms with van der Waals surface area (Å²) in [6, 6.07) is 7.42. The third kappa shape index (κ3) is 1.70. The second-order valence-electron chi connectivity index (χ2n) is 3.15. The van der Waals surface area contributed by atoms with Crippen molar-refractivity contribution in [1.82, 2.24) is 5.32 Å². The molecular weight excluding hydrogens is 244 g/mol. The lowest BCUT2D eigenvalue weighted by Crippen LogP contribution is -2.27. The van der Waals surface area contributed by atoms with E-state index < -0.39 is 0 Å². The van der Waals surface area contributed by atoms with Crippen LogP contribution in [-0.2, 0) is 4.79 Å². The maximum atomic E-state index is 11.2. The van der Waals surface area contributed by atoms with Crippen molar-refractivity contribution in [2.45, 2.75) is 13.0 Å². The minimum Gasteiger partial charge on any atom is -0.309 e. The van der Waals surface area contributed by atoms with Gasteiger partial charge in [0.1, 0.15) is 11.9 Å². The van der Waals surface area contributed by atoms with Crippen LogP contribution in [0.25, 0.3) is 0 Å². The standard InChI is InChI=1S/C10H9BrN2O/c1-6-10(14)13-9(12-6)7-3-2-4-8(11)5-7/h2-6H,1H3,(H,12,13,14). The number of hydrogen-bond donors (Lipinski definition) is 1. The number of aliphatic imine (C=N–C) groups is 1. The van der Waals surface area contributed by atoms with Gasteiger partial charge in [0.25, 0.3) is 0 Å². The molecule has 1 heterocycles. The number of benzene rings is 1. The van der Waals surface area contributed by atoms with Crippen molar-refractivity contribution in [2.24, 2.45) is 4.99 Å². The van der Waals surface area contributed by atoms with Crippen LogP contribution in [0, 0.1) is 0 Å². The molecule has 1 aromatic carbocycles. The van der Waals surface area contributed by atoms with Crippen LogP contribution in [-0.4, -0.2) is 17.8 Å². The fourth-order valence-corrected chi connectivity index (χ4v) is 1.69. The van der Waals surface area contributed by atoms with Crippen molar-refractivity contribution < 1.29 is 4.79 Å². The first-order valence-electron chi connectivity index (χ1n) is 4.31. The number of nitrogens with zero attached hydrogens (tertiary/aromatic N) is 1. The molecule has 0 saturated carbocycles. The van der Waals surface area contributed by atoms with Gasteiger partial charge in [-0.1, -0.05) is 28.1 Å². The molecule has 3 nitrogen and oxygen atoms in total. The molecule has 0 radical (unpaired) electrons. The maximum absolute atomic E-state index is 11.2. The summed E-state index contributed by atoms with van der Waals surface area (Å²) in [6.45, 7) is 1.78. The molecule has 0 aliphatic carbocycles. The minimum absolute atomic E-state index is 0.0417. The number of amides is 1. The maximum Gasteiger partial charge on any atom is 0.250 e. The second-order valence-corrected chi connectivity index (χ2v) is 4.07. The Balaban J connectivity index is 2.33. The molecule has 0 bridgehead atoms. The summed E-state index contributed by atoms with van der Waals surface area (Å²) in [5.74, 6) is 0.615. The topological polar surface area (TPSA) is 41.5 Å². The van der Waals surface area contributed by atoms with Crippen molar-refractivity contribution in [3.05, 3.63) is 34.3 Å². The molecule has 1 atom stereocenters. The Morgan fingerprint density at radius 1 is 1.50 bits per heavy atom. The van der Waals surface area contributed by atoms with E-state index in [0.717, 1.165) is 10.0 Å². The summed E-state index contributed by atoms with van der Waals surface area (Å²) in [4.78, 5) is 15.4. The third-order valence-corrected chi connectivity index (χ3v) is 2.54. The smallest absolute Gasteiger partial charge is 0.250 e. The Morgan fingerprint density at radius 3 is 2.86 bits per heavy atom. The SMILES string of the molecule is CC1N=C(c2cccc(Br)c2)NC1=O. The van der Waals surface area contributed by atoms with E-state index in [4.69, 9.17) is 0 Å². The highest BCUT2D eigenvalue weighted by Crippen LogP contribution is 2.14. The molecule has 0 saturated heterocycles. The number of nitrogens with one attached hydrogen (secondary N) is 1. The molecule has 1 N–H and O–H groups in total. The zero-order valence-corrected chi connectivity index (χ0v) is 9.21. The lowest BCUT2D eigenvalue weighted by atomic mass is 10.2. The van der Waals surface area contributed by atoms with Crippen molar-refractivity contribution in [1.29, 1.82) is 0 Å². The first kappa shape index (κ1) is 9.40. The number of rotatable bonds is 1. The fourth-order valence-electron chi connectivity index (χ4n) is 1.29. The lowest BCUT2D eigenvalue weighted by molar-refractivity contribution is -0.119. The third-order valence-electron chi connectivity index (χ3n) is 2.04. The van der Waals surface area contributed by atoms with Gasteiger partial charge < -0.3 is 5.32 Å². The molecule has 1 aromatic rings. The van der Waals surface area contributed by atoms with Crippen LogP contribution >= 0.6 is 15.9 Å². The Kier molecular flexibility index (Phi) is 2.37. The van der Waals surface area contributed by atoms with E-state index in [1.165, 1.54) is 0 Å². The number of carbonyl (C=O) groups excluding carboxylic acids is 1. The van der Waals surface area contributed by atoms with Gasteiger partial charge in [0.05, 0.1) is 0 Å². The van der Waals surface area contributed by atoms with Crippen LogP contribution in [0.4, 0.5) is 0 Å². The van der Waals surface area contributed by atoms with Gasteiger partial charge in [-0.3, -0.25) is 9.79 Å². The van der Waals surface area contributed by atoms with Crippen LogP contribution in [0.1, 0.15) is 12.5 Å². The number of carbonyl (C=O) groups is 1. The molecule has 2 rings (SSSR count). The minimum atomic E-state index is -0.274. The van der Waals surface area contributed by atoms with Gasteiger partial charge in [0.15, 0.2) is 0 Å². The Bertz CT molecular complexity index is 414. The van der Waals surface area contributed by atoms with E-state index in [-0.39, 0.29) is 11.9 Å². The first-order valence-corrected chi connectivity index (χ1v) is 5.11. The van der Waals surface area contributed by atoms with Crippen LogP contribution in [0.5, 0.6) is 0 Å². The molecule has 1 aliphatic rings. The van der Waals surface area contributed by atoms with Gasteiger partial charge in [-0.15, -0.1) is 0 Å². The predicted octanol–water partition coefficient (Wildman–Crippen LogP) is 1.71. The van der Waals surface area contributed by atoms with Crippen LogP contribution in [0.3, 0.4) is 0 Å². The van der Waals surface area contributed by atoms with E-state index in [2.05, 4.69) is 26.2 Å².